The lowest BCUT2D eigenvalue weighted by Gasteiger charge is -2.22. The van der Waals surface area contributed by atoms with E-state index in [2.05, 4.69) is 24.7 Å². The number of hydrogen-bond donors (Lipinski definition) is 0. The molecular weight excluding hydrogens is 160 g/mol. The van der Waals surface area contributed by atoms with E-state index in [1.54, 1.807) is 0 Å². The minimum Gasteiger partial charge on any atom is -0.269 e. The molecule has 2 aliphatic rings. The van der Waals surface area contributed by atoms with Crippen LogP contribution >= 0.6 is 0 Å². The van der Waals surface area contributed by atoms with Gasteiger partial charge in [0.25, 0.3) is 0 Å². The summed E-state index contributed by atoms with van der Waals surface area (Å²) in [6, 6.07) is 0. The fourth-order valence-electron chi connectivity index (χ4n) is 1.96. The van der Waals surface area contributed by atoms with Crippen molar-refractivity contribution in [2.75, 3.05) is 7.05 Å². The summed E-state index contributed by atoms with van der Waals surface area (Å²) in [5.41, 5.74) is 5.12. The maximum absolute atomic E-state index is 4.30. The van der Waals surface area contributed by atoms with Crippen molar-refractivity contribution in [3.63, 3.8) is 0 Å². The number of nitrogens with zero attached hydrogens (tertiary/aromatic N) is 2. The molecule has 0 aromatic heterocycles. The third-order valence-corrected chi connectivity index (χ3v) is 2.67. The van der Waals surface area contributed by atoms with E-state index in [0.717, 1.165) is 12.8 Å². The van der Waals surface area contributed by atoms with Crippen LogP contribution in [-0.2, 0) is 0 Å². The number of hydrogen-bond acceptors (Lipinski definition) is 2. The van der Waals surface area contributed by atoms with Crippen LogP contribution in [-0.4, -0.2) is 18.3 Å². The van der Waals surface area contributed by atoms with Gasteiger partial charge in [-0.25, -0.2) is 0 Å². The third-order valence-electron chi connectivity index (χ3n) is 2.67. The van der Waals surface area contributed by atoms with Crippen molar-refractivity contribution < 1.29 is 0 Å². The Morgan fingerprint density at radius 3 is 3.00 bits per heavy atom. The molecule has 2 heteroatoms. The lowest BCUT2D eigenvalue weighted by Crippen LogP contribution is -2.16. The third kappa shape index (κ3) is 1.13. The van der Waals surface area contributed by atoms with Crippen LogP contribution in [0.2, 0.25) is 0 Å². The SMILES string of the molecule is C=C1CCC2=C1C=NN(C)/C2=C\C. The van der Waals surface area contributed by atoms with Gasteiger partial charge in [-0.05, 0) is 30.9 Å². The standard InChI is InChI=1S/C11H14N2/c1-4-11-9-6-5-8(2)10(9)7-12-13(11)3/h4,7H,2,5-6H2,1,3H3/b11-4-. The first-order chi connectivity index (χ1) is 6.24. The van der Waals surface area contributed by atoms with Crippen molar-refractivity contribution in [1.29, 1.82) is 0 Å². The van der Waals surface area contributed by atoms with Crippen LogP contribution in [0.5, 0.6) is 0 Å². The van der Waals surface area contributed by atoms with Gasteiger partial charge < -0.3 is 0 Å². The number of hydrazone groups is 1. The molecule has 0 unspecified atom stereocenters. The predicted molar refractivity (Wildman–Crippen MR) is 55.4 cm³/mol. The second kappa shape index (κ2) is 2.87. The number of likely N-dealkylation sites (N-methyl/N-ethyl adjacent to an activating group) is 1. The van der Waals surface area contributed by atoms with E-state index in [4.69, 9.17) is 0 Å². The molecular formula is C11H14N2. The van der Waals surface area contributed by atoms with Gasteiger partial charge in [-0.15, -0.1) is 0 Å². The Kier molecular flexibility index (Phi) is 1.83. The smallest absolute Gasteiger partial charge is 0.0586 e. The van der Waals surface area contributed by atoms with Crippen molar-refractivity contribution in [1.82, 2.24) is 5.01 Å². The zero-order valence-electron chi connectivity index (χ0n) is 8.17. The highest BCUT2D eigenvalue weighted by atomic mass is 15.4. The molecule has 0 saturated heterocycles. The Labute approximate surface area is 78.9 Å². The molecule has 2 rings (SSSR count). The van der Waals surface area contributed by atoms with Crippen LogP contribution in [0.3, 0.4) is 0 Å². The quantitative estimate of drug-likeness (QED) is 0.551. The van der Waals surface area contributed by atoms with Gasteiger partial charge in [0, 0.05) is 12.6 Å². The summed E-state index contributed by atoms with van der Waals surface area (Å²) in [6.07, 6.45) is 6.24. The molecule has 0 aromatic carbocycles. The zero-order chi connectivity index (χ0) is 9.42. The molecule has 1 aliphatic carbocycles. The molecule has 13 heavy (non-hydrogen) atoms. The van der Waals surface area contributed by atoms with E-state index in [1.165, 1.54) is 22.4 Å². The van der Waals surface area contributed by atoms with E-state index < -0.39 is 0 Å². The molecule has 0 fully saturated rings. The minimum absolute atomic E-state index is 1.09. The molecule has 0 radical (unpaired) electrons. The first-order valence-corrected chi connectivity index (χ1v) is 4.59. The maximum atomic E-state index is 4.30. The van der Waals surface area contributed by atoms with E-state index in [1.807, 2.05) is 18.3 Å². The number of rotatable bonds is 0. The largest absolute Gasteiger partial charge is 0.269 e. The Morgan fingerprint density at radius 1 is 1.54 bits per heavy atom. The molecule has 0 saturated carbocycles. The molecule has 0 spiro atoms. The molecule has 0 atom stereocenters. The zero-order valence-corrected chi connectivity index (χ0v) is 8.17. The van der Waals surface area contributed by atoms with Crippen molar-refractivity contribution in [2.24, 2.45) is 5.10 Å². The van der Waals surface area contributed by atoms with Crippen molar-refractivity contribution in [3.05, 3.63) is 35.1 Å². The van der Waals surface area contributed by atoms with Gasteiger partial charge in [0.05, 0.1) is 11.9 Å². The fraction of sp³-hybridized carbons (Fsp3) is 0.364. The summed E-state index contributed by atoms with van der Waals surface area (Å²) in [5.74, 6) is 0. The second-order valence-electron chi connectivity index (χ2n) is 3.44. The van der Waals surface area contributed by atoms with Gasteiger partial charge in [0.2, 0.25) is 0 Å². The van der Waals surface area contributed by atoms with E-state index in [0.29, 0.717) is 0 Å². The Bertz CT molecular complexity index is 345. The molecule has 0 aromatic rings. The molecule has 0 N–H and O–H groups in total. The first-order valence-electron chi connectivity index (χ1n) is 4.59. The monoisotopic (exact) mass is 174 g/mol. The average molecular weight is 174 g/mol. The highest BCUT2D eigenvalue weighted by Gasteiger charge is 2.24. The summed E-state index contributed by atoms with van der Waals surface area (Å²) < 4.78 is 0. The number of allylic oxidation sites excluding steroid dienone is 4. The Balaban J connectivity index is 2.48. The second-order valence-corrected chi connectivity index (χ2v) is 3.44. The molecule has 1 aliphatic heterocycles. The summed E-state index contributed by atoms with van der Waals surface area (Å²) in [6.45, 7) is 6.09. The van der Waals surface area contributed by atoms with E-state index >= 15 is 0 Å². The Hall–Kier alpha value is -1.31. The van der Waals surface area contributed by atoms with Gasteiger partial charge in [-0.2, -0.15) is 5.10 Å². The van der Waals surface area contributed by atoms with E-state index in [9.17, 15) is 0 Å². The van der Waals surface area contributed by atoms with Crippen molar-refractivity contribution >= 4 is 6.21 Å². The molecule has 68 valence electrons. The summed E-state index contributed by atoms with van der Waals surface area (Å²) in [4.78, 5) is 0. The van der Waals surface area contributed by atoms with Crippen LogP contribution in [0.1, 0.15) is 19.8 Å². The topological polar surface area (TPSA) is 15.6 Å². The average Bonchev–Trinajstić information content (AvgIpc) is 2.48. The lowest BCUT2D eigenvalue weighted by atomic mass is 10.1. The van der Waals surface area contributed by atoms with Gasteiger partial charge in [-0.3, -0.25) is 5.01 Å². The van der Waals surface area contributed by atoms with Gasteiger partial charge in [0.15, 0.2) is 0 Å². The van der Waals surface area contributed by atoms with Gasteiger partial charge in [-0.1, -0.05) is 12.7 Å². The highest BCUT2D eigenvalue weighted by Crippen LogP contribution is 2.36. The highest BCUT2D eigenvalue weighted by molar-refractivity contribution is 5.89. The van der Waals surface area contributed by atoms with Crippen LogP contribution in [0.25, 0.3) is 0 Å². The van der Waals surface area contributed by atoms with Crippen LogP contribution in [0.4, 0.5) is 0 Å². The summed E-state index contributed by atoms with van der Waals surface area (Å²) in [7, 11) is 1.98. The van der Waals surface area contributed by atoms with Gasteiger partial charge >= 0.3 is 0 Å². The maximum Gasteiger partial charge on any atom is 0.0586 e. The van der Waals surface area contributed by atoms with Crippen LogP contribution in [0.15, 0.2) is 40.2 Å². The van der Waals surface area contributed by atoms with Crippen molar-refractivity contribution in [3.8, 4) is 0 Å². The van der Waals surface area contributed by atoms with Crippen LogP contribution < -0.4 is 0 Å². The minimum atomic E-state index is 1.09. The lowest BCUT2D eigenvalue weighted by molar-refractivity contribution is 0.449. The van der Waals surface area contributed by atoms with Crippen LogP contribution in [0, 0.1) is 0 Å². The fourth-order valence-corrected chi connectivity index (χ4v) is 1.96. The molecule has 2 nitrogen and oxygen atoms in total. The van der Waals surface area contributed by atoms with Crippen molar-refractivity contribution in [2.45, 2.75) is 19.8 Å². The Morgan fingerprint density at radius 2 is 2.31 bits per heavy atom. The molecule has 0 amide bonds. The summed E-state index contributed by atoms with van der Waals surface area (Å²) in [5, 5.41) is 6.22. The molecule has 0 bridgehead atoms. The summed E-state index contributed by atoms with van der Waals surface area (Å²) >= 11 is 0. The van der Waals surface area contributed by atoms with E-state index in [-0.39, 0.29) is 0 Å². The predicted octanol–water partition coefficient (Wildman–Crippen LogP) is 2.47. The molecule has 1 heterocycles. The first kappa shape index (κ1) is 8.30. The van der Waals surface area contributed by atoms with Gasteiger partial charge in [0.1, 0.15) is 0 Å². The normalized spacial score (nSPS) is 24.6.